The highest BCUT2D eigenvalue weighted by molar-refractivity contribution is 9.09. The minimum absolute atomic E-state index is 0.0860. The van der Waals surface area contributed by atoms with Gasteiger partial charge in [0.15, 0.2) is 11.6 Å². The lowest BCUT2D eigenvalue weighted by Gasteiger charge is -2.14. The summed E-state index contributed by atoms with van der Waals surface area (Å²) in [6.45, 7) is 0. The Morgan fingerprint density at radius 3 is 2.67 bits per heavy atom. The molecule has 1 unspecified atom stereocenters. The zero-order chi connectivity index (χ0) is 15.1. The van der Waals surface area contributed by atoms with Crippen molar-refractivity contribution in [1.82, 2.24) is 0 Å². The van der Waals surface area contributed by atoms with Crippen LogP contribution in [0.3, 0.4) is 0 Å². The van der Waals surface area contributed by atoms with Crippen molar-refractivity contribution in [3.05, 3.63) is 63.7 Å². The Morgan fingerprint density at radius 1 is 1.19 bits per heavy atom. The minimum atomic E-state index is -0.911. The van der Waals surface area contributed by atoms with Gasteiger partial charge in [0.05, 0.1) is 11.2 Å². The van der Waals surface area contributed by atoms with Crippen molar-refractivity contribution in [3.8, 4) is 0 Å². The molecule has 1 aliphatic heterocycles. The van der Waals surface area contributed by atoms with Crippen molar-refractivity contribution in [1.29, 1.82) is 0 Å². The van der Waals surface area contributed by atoms with Crippen LogP contribution in [-0.4, -0.2) is 5.91 Å². The number of alkyl halides is 1. The van der Waals surface area contributed by atoms with E-state index in [9.17, 15) is 13.6 Å². The Bertz CT molecular complexity index is 751. The second-order valence-electron chi connectivity index (χ2n) is 4.79. The fourth-order valence-corrected chi connectivity index (χ4v) is 3.38. The molecule has 2 aromatic carbocycles. The molecular formula is C15H9BrClF2NO. The first-order valence-electron chi connectivity index (χ1n) is 6.17. The number of nitrogens with one attached hydrogen (secondary N) is 1. The maximum absolute atomic E-state index is 13.3. The Morgan fingerprint density at radius 2 is 1.95 bits per heavy atom. The molecule has 0 radical (unpaired) electrons. The number of carbonyl (C=O) groups excluding carboxylic acids is 1. The van der Waals surface area contributed by atoms with Crippen molar-refractivity contribution in [2.75, 3.05) is 5.32 Å². The van der Waals surface area contributed by atoms with Gasteiger partial charge in [-0.15, -0.1) is 0 Å². The van der Waals surface area contributed by atoms with Gasteiger partial charge in [-0.3, -0.25) is 4.79 Å². The SMILES string of the molecule is O=C1Cc2cc(C(Br)c3ccc(F)c(F)c3)c(Cl)cc2N1. The standard InChI is InChI=1S/C15H9BrClF2NO/c16-15(7-1-2-11(18)12(19)4-7)9-3-8-5-14(21)20-13(8)6-10(9)17/h1-4,6,15H,5H2,(H,20,21). The molecular weight excluding hydrogens is 364 g/mol. The van der Waals surface area contributed by atoms with E-state index in [1.54, 1.807) is 12.1 Å². The van der Waals surface area contributed by atoms with E-state index in [4.69, 9.17) is 11.6 Å². The molecule has 1 amide bonds. The number of benzene rings is 2. The van der Waals surface area contributed by atoms with Gasteiger partial charge < -0.3 is 5.32 Å². The van der Waals surface area contributed by atoms with Gasteiger partial charge in [-0.2, -0.15) is 0 Å². The number of fused-ring (bicyclic) bond motifs is 1. The van der Waals surface area contributed by atoms with Crippen molar-refractivity contribution in [3.63, 3.8) is 0 Å². The predicted molar refractivity (Wildman–Crippen MR) is 80.9 cm³/mol. The summed E-state index contributed by atoms with van der Waals surface area (Å²) in [6.07, 6.45) is 0.289. The Kier molecular flexibility index (Phi) is 3.71. The molecule has 0 spiro atoms. The van der Waals surface area contributed by atoms with Crippen LogP contribution >= 0.6 is 27.5 Å². The van der Waals surface area contributed by atoms with Crippen molar-refractivity contribution in [2.45, 2.75) is 11.2 Å². The number of carbonyl (C=O) groups is 1. The van der Waals surface area contributed by atoms with Crippen LogP contribution in [0.5, 0.6) is 0 Å². The molecule has 0 fully saturated rings. The zero-order valence-corrected chi connectivity index (χ0v) is 12.9. The molecule has 6 heteroatoms. The summed E-state index contributed by atoms with van der Waals surface area (Å²) in [6, 6.07) is 7.17. The van der Waals surface area contributed by atoms with Crippen molar-refractivity contribution < 1.29 is 13.6 Å². The zero-order valence-electron chi connectivity index (χ0n) is 10.6. The van der Waals surface area contributed by atoms with E-state index < -0.39 is 11.6 Å². The largest absolute Gasteiger partial charge is 0.325 e. The summed E-state index contributed by atoms with van der Waals surface area (Å²) in [5, 5.41) is 3.16. The van der Waals surface area contributed by atoms with Gasteiger partial charge in [-0.1, -0.05) is 39.7 Å². The first-order valence-corrected chi connectivity index (χ1v) is 7.46. The Balaban J connectivity index is 2.02. The molecule has 0 saturated heterocycles. The Hall–Kier alpha value is -1.46. The summed E-state index contributed by atoms with van der Waals surface area (Å²) < 4.78 is 26.3. The number of hydrogen-bond donors (Lipinski definition) is 1. The topological polar surface area (TPSA) is 29.1 Å². The second kappa shape index (κ2) is 5.39. The predicted octanol–water partition coefficient (Wildman–Crippen LogP) is 4.60. The van der Waals surface area contributed by atoms with Gasteiger partial charge in [0.1, 0.15) is 0 Å². The summed E-state index contributed by atoms with van der Waals surface area (Å²) in [5.41, 5.74) is 2.79. The van der Waals surface area contributed by atoms with Gasteiger partial charge in [0.2, 0.25) is 5.91 Å². The molecule has 1 atom stereocenters. The average molecular weight is 373 g/mol. The first kappa shape index (κ1) is 14.5. The number of halogens is 4. The number of anilines is 1. The second-order valence-corrected chi connectivity index (χ2v) is 6.11. The first-order chi connectivity index (χ1) is 9.95. The number of amides is 1. The van der Waals surface area contributed by atoms with Crippen LogP contribution in [0.2, 0.25) is 5.02 Å². The fraction of sp³-hybridized carbons (Fsp3) is 0.133. The summed E-state index contributed by atoms with van der Waals surface area (Å²) in [4.78, 5) is 11.0. The average Bonchev–Trinajstić information content (AvgIpc) is 2.79. The monoisotopic (exact) mass is 371 g/mol. The fourth-order valence-electron chi connectivity index (χ4n) is 2.31. The molecule has 2 nitrogen and oxygen atoms in total. The highest BCUT2D eigenvalue weighted by Crippen LogP contribution is 2.39. The van der Waals surface area contributed by atoms with E-state index in [0.29, 0.717) is 21.8 Å². The van der Waals surface area contributed by atoms with Crippen molar-refractivity contribution >= 4 is 39.1 Å². The van der Waals surface area contributed by atoms with Gasteiger partial charge in [0.25, 0.3) is 0 Å². The third-order valence-electron chi connectivity index (χ3n) is 3.36. The maximum Gasteiger partial charge on any atom is 0.228 e. The van der Waals surface area contributed by atoms with Crippen LogP contribution in [0.15, 0.2) is 30.3 Å². The molecule has 0 saturated carbocycles. The van der Waals surface area contributed by atoms with E-state index >= 15 is 0 Å². The van der Waals surface area contributed by atoms with E-state index in [0.717, 1.165) is 17.7 Å². The molecule has 1 N–H and O–H groups in total. The molecule has 21 heavy (non-hydrogen) atoms. The van der Waals surface area contributed by atoms with Crippen LogP contribution in [0.4, 0.5) is 14.5 Å². The molecule has 108 valence electrons. The van der Waals surface area contributed by atoms with Gasteiger partial charge >= 0.3 is 0 Å². The normalized spacial score (nSPS) is 14.8. The Labute approximate surface area is 133 Å². The number of hydrogen-bond acceptors (Lipinski definition) is 1. The summed E-state index contributed by atoms with van der Waals surface area (Å²) in [5.74, 6) is -1.89. The highest BCUT2D eigenvalue weighted by atomic mass is 79.9. The molecule has 1 heterocycles. The van der Waals surface area contributed by atoms with Crippen LogP contribution in [0, 0.1) is 11.6 Å². The third kappa shape index (κ3) is 2.68. The lowest BCUT2D eigenvalue weighted by atomic mass is 10.0. The third-order valence-corrected chi connectivity index (χ3v) is 4.71. The smallest absolute Gasteiger partial charge is 0.228 e. The van der Waals surface area contributed by atoms with E-state index in [-0.39, 0.29) is 17.2 Å². The van der Waals surface area contributed by atoms with Crippen LogP contribution < -0.4 is 5.32 Å². The van der Waals surface area contributed by atoms with Crippen molar-refractivity contribution in [2.24, 2.45) is 0 Å². The molecule has 1 aliphatic rings. The maximum atomic E-state index is 13.3. The van der Waals surface area contributed by atoms with Crippen LogP contribution in [0.25, 0.3) is 0 Å². The van der Waals surface area contributed by atoms with Gasteiger partial charge in [-0.05, 0) is 34.9 Å². The van der Waals surface area contributed by atoms with Gasteiger partial charge in [-0.25, -0.2) is 8.78 Å². The lowest BCUT2D eigenvalue weighted by Crippen LogP contribution is -2.03. The van der Waals surface area contributed by atoms with Crippen LogP contribution in [-0.2, 0) is 11.2 Å². The lowest BCUT2D eigenvalue weighted by molar-refractivity contribution is -0.115. The summed E-state index contributed by atoms with van der Waals surface area (Å²) >= 11 is 9.67. The quantitative estimate of drug-likeness (QED) is 0.767. The highest BCUT2D eigenvalue weighted by Gasteiger charge is 2.23. The number of rotatable bonds is 2. The van der Waals surface area contributed by atoms with E-state index in [1.165, 1.54) is 6.07 Å². The molecule has 0 aromatic heterocycles. The van der Waals surface area contributed by atoms with E-state index in [2.05, 4.69) is 21.2 Å². The van der Waals surface area contributed by atoms with Gasteiger partial charge in [0, 0.05) is 10.7 Å². The van der Waals surface area contributed by atoms with E-state index in [1.807, 2.05) is 0 Å². The molecule has 0 bridgehead atoms. The van der Waals surface area contributed by atoms with Crippen LogP contribution in [0.1, 0.15) is 21.5 Å². The molecule has 2 aromatic rings. The summed E-state index contributed by atoms with van der Waals surface area (Å²) in [7, 11) is 0. The minimum Gasteiger partial charge on any atom is -0.325 e. The molecule has 0 aliphatic carbocycles. The molecule has 3 rings (SSSR count).